The minimum absolute atomic E-state index is 0. The van der Waals surface area contributed by atoms with E-state index in [1.807, 2.05) is 30.3 Å². The van der Waals surface area contributed by atoms with Crippen molar-refractivity contribution < 1.29 is 20.8 Å². The number of sulfone groups is 1. The molecule has 0 saturated carbocycles. The normalized spacial score (nSPS) is 22.7. The molecule has 2 N–H and O–H groups in total. The number of rotatable bonds is 6. The molecule has 2 heterocycles. The van der Waals surface area contributed by atoms with E-state index < -0.39 is 21.4 Å². The smallest absolute Gasteiger partial charge is 0.241 e. The molecule has 2 fully saturated rings. The Balaban J connectivity index is 0.00000216. The molecule has 174 valence electrons. The van der Waals surface area contributed by atoms with E-state index in [-0.39, 0.29) is 25.3 Å². The molecule has 0 spiro atoms. The molecule has 0 unspecified atom stereocenters. The van der Waals surface area contributed by atoms with Gasteiger partial charge in [-0.2, -0.15) is 10.5 Å². The van der Waals surface area contributed by atoms with Crippen LogP contribution in [-0.4, -0.2) is 51.4 Å². The van der Waals surface area contributed by atoms with Crippen molar-refractivity contribution >= 4 is 15.7 Å². The third kappa shape index (κ3) is 4.76. The number of ether oxygens (including phenoxy) is 1. The summed E-state index contributed by atoms with van der Waals surface area (Å²) in [6.07, 6.45) is 2.67. The topological polar surface area (TPSA) is 132 Å². The number of nitrogens with zero attached hydrogens (tertiary/aromatic N) is 2. The molecule has 2 aromatic carbocycles. The standard InChI is InChI=1S/C24H24N4O4S.2H2/c1-33(30,31)22-11-18(6-7-19(22)13-25)17-4-2-16(3-5-17)10-20(14-26)28-23(29)24-8-9-32-21(12-24)15-27-24;;/h2-7,11,20-21,27H,8-10,12,15H2,1H3,(H,28,29);2*1H/t20-,21+,24-;;/m0../s1. The van der Waals surface area contributed by atoms with Gasteiger partial charge in [0.1, 0.15) is 17.6 Å². The van der Waals surface area contributed by atoms with Gasteiger partial charge in [-0.1, -0.05) is 30.3 Å². The third-order valence-corrected chi connectivity index (χ3v) is 7.39. The molecule has 0 aliphatic carbocycles. The van der Waals surface area contributed by atoms with Crippen molar-refractivity contribution in [1.29, 1.82) is 10.5 Å². The van der Waals surface area contributed by atoms with Gasteiger partial charge in [0.15, 0.2) is 9.84 Å². The maximum Gasteiger partial charge on any atom is 0.241 e. The van der Waals surface area contributed by atoms with Crippen molar-refractivity contribution in [1.82, 2.24) is 10.6 Å². The SMILES string of the molecule is CS(=O)(=O)c1cc(-c2ccc(C[C@@H](C#N)NC(=O)[C@@]34CCO[C@@H](CN3)C4)cc2)ccc1C#N.[HH].[HH]. The summed E-state index contributed by atoms with van der Waals surface area (Å²) < 4.78 is 29.7. The number of nitrogens with one attached hydrogen (secondary N) is 2. The van der Waals surface area contributed by atoms with Gasteiger partial charge in [-0.05, 0) is 35.2 Å². The minimum atomic E-state index is -3.54. The predicted octanol–water partition coefficient (Wildman–Crippen LogP) is 2.19. The highest BCUT2D eigenvalue weighted by atomic mass is 32.2. The lowest BCUT2D eigenvalue weighted by Crippen LogP contribution is -2.57. The number of carbonyl (C=O) groups excluding carboxylic acids is 1. The van der Waals surface area contributed by atoms with Crippen molar-refractivity contribution in [2.24, 2.45) is 0 Å². The molecule has 9 heteroatoms. The summed E-state index contributed by atoms with van der Waals surface area (Å²) >= 11 is 0. The van der Waals surface area contributed by atoms with E-state index in [4.69, 9.17) is 4.74 Å². The summed E-state index contributed by atoms with van der Waals surface area (Å²) in [5.74, 6) is -0.164. The van der Waals surface area contributed by atoms with E-state index in [0.29, 0.717) is 38.0 Å². The minimum Gasteiger partial charge on any atom is -0.377 e. The Morgan fingerprint density at radius 3 is 2.67 bits per heavy atom. The molecule has 2 bridgehead atoms. The Morgan fingerprint density at radius 1 is 1.27 bits per heavy atom. The van der Waals surface area contributed by atoms with Gasteiger partial charge in [-0.3, -0.25) is 4.79 Å². The largest absolute Gasteiger partial charge is 0.377 e. The number of amides is 1. The van der Waals surface area contributed by atoms with Gasteiger partial charge in [0.05, 0.1) is 22.6 Å². The molecule has 2 saturated heterocycles. The molecule has 2 aliphatic heterocycles. The number of hydrogen-bond donors (Lipinski definition) is 2. The Labute approximate surface area is 196 Å². The molecular formula is C24H28N4O4S. The summed E-state index contributed by atoms with van der Waals surface area (Å²) in [5, 5.41) is 24.9. The fourth-order valence-electron chi connectivity index (χ4n) is 4.43. The summed E-state index contributed by atoms with van der Waals surface area (Å²) in [5.41, 5.74) is 1.77. The Bertz CT molecular complexity index is 1270. The maximum atomic E-state index is 12.9. The fourth-order valence-corrected chi connectivity index (χ4v) is 5.29. The lowest BCUT2D eigenvalue weighted by Gasteiger charge is -2.32. The summed E-state index contributed by atoms with van der Waals surface area (Å²) in [6.45, 7) is 1.17. The first-order valence-electron chi connectivity index (χ1n) is 10.6. The van der Waals surface area contributed by atoms with Gasteiger partial charge >= 0.3 is 0 Å². The van der Waals surface area contributed by atoms with Crippen LogP contribution in [0, 0.1) is 22.7 Å². The first kappa shape index (κ1) is 22.9. The van der Waals surface area contributed by atoms with E-state index >= 15 is 0 Å². The van der Waals surface area contributed by atoms with Gasteiger partial charge in [0, 0.05) is 35.1 Å². The molecule has 2 aromatic rings. The van der Waals surface area contributed by atoms with Crippen molar-refractivity contribution in [2.75, 3.05) is 19.4 Å². The van der Waals surface area contributed by atoms with Crippen molar-refractivity contribution in [3.05, 3.63) is 53.6 Å². The average molecular weight is 469 g/mol. The number of nitriles is 2. The molecule has 2 aliphatic rings. The van der Waals surface area contributed by atoms with Crippen LogP contribution in [0.2, 0.25) is 0 Å². The fraction of sp³-hybridized carbons (Fsp3) is 0.375. The molecule has 0 radical (unpaired) electrons. The number of fused-ring (bicyclic) bond motifs is 2. The van der Waals surface area contributed by atoms with Crippen LogP contribution in [0.4, 0.5) is 0 Å². The zero-order valence-corrected chi connectivity index (χ0v) is 19.0. The summed E-state index contributed by atoms with van der Waals surface area (Å²) in [7, 11) is -3.54. The van der Waals surface area contributed by atoms with Crippen molar-refractivity contribution in [2.45, 2.75) is 41.8 Å². The number of hydrogen-bond acceptors (Lipinski definition) is 7. The van der Waals surface area contributed by atoms with Crippen LogP contribution in [0.3, 0.4) is 0 Å². The molecule has 3 atom stereocenters. The van der Waals surface area contributed by atoms with Crippen LogP contribution in [-0.2, 0) is 25.8 Å². The Morgan fingerprint density at radius 2 is 2.00 bits per heavy atom. The average Bonchev–Trinajstić information content (AvgIpc) is 3.12. The second-order valence-corrected chi connectivity index (χ2v) is 10.5. The highest BCUT2D eigenvalue weighted by Gasteiger charge is 2.48. The quantitative estimate of drug-likeness (QED) is 0.664. The Kier molecular flexibility index (Phi) is 6.22. The van der Waals surface area contributed by atoms with Crippen LogP contribution in [0.25, 0.3) is 11.1 Å². The van der Waals surface area contributed by atoms with E-state index in [9.17, 15) is 23.7 Å². The molecule has 1 amide bonds. The molecule has 4 rings (SSSR count). The predicted molar refractivity (Wildman–Crippen MR) is 125 cm³/mol. The number of carbonyl (C=O) groups is 1. The first-order valence-corrected chi connectivity index (χ1v) is 12.5. The lowest BCUT2D eigenvalue weighted by molar-refractivity contribution is -0.130. The van der Waals surface area contributed by atoms with Gasteiger partial charge < -0.3 is 15.4 Å². The van der Waals surface area contributed by atoms with E-state index in [2.05, 4.69) is 16.7 Å². The van der Waals surface area contributed by atoms with E-state index in [0.717, 1.165) is 17.4 Å². The van der Waals surface area contributed by atoms with Crippen LogP contribution in [0.5, 0.6) is 0 Å². The monoisotopic (exact) mass is 468 g/mol. The highest BCUT2D eigenvalue weighted by Crippen LogP contribution is 2.31. The first-order chi connectivity index (χ1) is 15.7. The van der Waals surface area contributed by atoms with Crippen molar-refractivity contribution in [3.63, 3.8) is 0 Å². The summed E-state index contributed by atoms with van der Waals surface area (Å²) in [6, 6.07) is 15.5. The lowest BCUT2D eigenvalue weighted by atomic mass is 9.89. The zero-order valence-electron chi connectivity index (χ0n) is 18.2. The van der Waals surface area contributed by atoms with Gasteiger partial charge in [0.25, 0.3) is 0 Å². The highest BCUT2D eigenvalue weighted by molar-refractivity contribution is 7.90. The van der Waals surface area contributed by atoms with Crippen LogP contribution in [0.15, 0.2) is 47.4 Å². The molecule has 0 aromatic heterocycles. The van der Waals surface area contributed by atoms with E-state index in [1.165, 1.54) is 12.1 Å². The van der Waals surface area contributed by atoms with Crippen LogP contribution >= 0.6 is 0 Å². The summed E-state index contributed by atoms with van der Waals surface area (Å²) in [4.78, 5) is 12.9. The van der Waals surface area contributed by atoms with E-state index in [1.54, 1.807) is 6.07 Å². The van der Waals surface area contributed by atoms with Crippen LogP contribution in [0.1, 0.15) is 26.8 Å². The van der Waals surface area contributed by atoms with Crippen molar-refractivity contribution in [3.8, 4) is 23.3 Å². The Hall–Kier alpha value is -3.24. The second-order valence-electron chi connectivity index (χ2n) is 8.56. The number of benzene rings is 2. The zero-order chi connectivity index (χ0) is 23.6. The molecular weight excluding hydrogens is 440 g/mol. The molecule has 33 heavy (non-hydrogen) atoms. The maximum absolute atomic E-state index is 12.9. The second kappa shape index (κ2) is 8.95. The van der Waals surface area contributed by atoms with Crippen LogP contribution < -0.4 is 10.6 Å². The molecule has 8 nitrogen and oxygen atoms in total. The van der Waals surface area contributed by atoms with Gasteiger partial charge in [0.2, 0.25) is 5.91 Å². The van der Waals surface area contributed by atoms with Gasteiger partial charge in [-0.15, -0.1) is 0 Å². The van der Waals surface area contributed by atoms with Gasteiger partial charge in [-0.25, -0.2) is 8.42 Å². The third-order valence-electron chi connectivity index (χ3n) is 6.25.